The molecule has 1 fully saturated rings. The first-order valence-corrected chi connectivity index (χ1v) is 13.0. The van der Waals surface area contributed by atoms with Crippen molar-refractivity contribution in [3.8, 4) is 17.3 Å². The van der Waals surface area contributed by atoms with Gasteiger partial charge in [-0.15, -0.1) is 0 Å². The van der Waals surface area contributed by atoms with Crippen molar-refractivity contribution in [1.29, 1.82) is 0 Å². The first-order chi connectivity index (χ1) is 19.2. The number of alkyl halides is 3. The van der Waals surface area contributed by atoms with Crippen LogP contribution < -0.4 is 10.1 Å². The SMILES string of the molecule is CCOc1nccc(-c2ccc3nc(Nc4cc([C@@H](C)N5CCN(C(=O)CC(F)(F)F)CC5)ccn4)[nH]c3c2)n1. The van der Waals surface area contributed by atoms with Gasteiger partial charge in [0.05, 0.1) is 23.3 Å². The number of piperazine rings is 1. The number of amides is 1. The van der Waals surface area contributed by atoms with Gasteiger partial charge in [-0.25, -0.2) is 15.0 Å². The van der Waals surface area contributed by atoms with Crippen LogP contribution in [0.3, 0.4) is 0 Å². The average molecular weight is 555 g/mol. The second-order valence-electron chi connectivity index (χ2n) is 9.46. The molecule has 1 atom stereocenters. The summed E-state index contributed by atoms with van der Waals surface area (Å²) in [5.41, 5.74) is 4.20. The number of fused-ring (bicyclic) bond motifs is 1. The number of rotatable bonds is 8. The van der Waals surface area contributed by atoms with E-state index in [2.05, 4.69) is 35.1 Å². The Morgan fingerprint density at radius 2 is 1.85 bits per heavy atom. The maximum atomic E-state index is 12.6. The Labute approximate surface area is 228 Å². The molecule has 1 aliphatic rings. The van der Waals surface area contributed by atoms with Crippen molar-refractivity contribution in [2.24, 2.45) is 0 Å². The molecule has 3 aromatic heterocycles. The van der Waals surface area contributed by atoms with E-state index < -0.39 is 18.5 Å². The summed E-state index contributed by atoms with van der Waals surface area (Å²) in [6.07, 6.45) is -2.55. The zero-order valence-electron chi connectivity index (χ0n) is 22.1. The molecule has 0 aliphatic carbocycles. The number of aromatic nitrogens is 5. The minimum atomic E-state index is -4.49. The molecule has 5 rings (SSSR count). The van der Waals surface area contributed by atoms with Gasteiger partial charge in [0.1, 0.15) is 12.2 Å². The molecule has 1 aliphatic heterocycles. The van der Waals surface area contributed by atoms with Crippen LogP contribution in [-0.4, -0.2) is 79.6 Å². The zero-order valence-corrected chi connectivity index (χ0v) is 22.1. The molecule has 10 nitrogen and oxygen atoms in total. The van der Waals surface area contributed by atoms with Crippen LogP contribution in [0.2, 0.25) is 0 Å². The molecule has 4 aromatic rings. The number of carbonyl (C=O) groups excluding carboxylic acids is 1. The minimum Gasteiger partial charge on any atom is -0.464 e. The summed E-state index contributed by atoms with van der Waals surface area (Å²) in [6.45, 7) is 5.88. The highest BCUT2D eigenvalue weighted by atomic mass is 19.4. The Kier molecular flexibility index (Phi) is 7.83. The highest BCUT2D eigenvalue weighted by molar-refractivity contribution is 5.83. The van der Waals surface area contributed by atoms with Gasteiger partial charge in [-0.3, -0.25) is 9.69 Å². The van der Waals surface area contributed by atoms with Crippen LogP contribution in [0.5, 0.6) is 6.01 Å². The molecule has 0 spiro atoms. The van der Waals surface area contributed by atoms with E-state index in [9.17, 15) is 18.0 Å². The van der Waals surface area contributed by atoms with E-state index >= 15 is 0 Å². The maximum absolute atomic E-state index is 12.6. The monoisotopic (exact) mass is 554 g/mol. The molecule has 0 bridgehead atoms. The zero-order chi connectivity index (χ0) is 28.3. The lowest BCUT2D eigenvalue weighted by Gasteiger charge is -2.38. The lowest BCUT2D eigenvalue weighted by molar-refractivity contribution is -0.162. The number of benzene rings is 1. The minimum absolute atomic E-state index is 0.0175. The molecule has 0 unspecified atom stereocenters. The van der Waals surface area contributed by atoms with Crippen LogP contribution >= 0.6 is 0 Å². The van der Waals surface area contributed by atoms with E-state index in [-0.39, 0.29) is 19.1 Å². The number of pyridine rings is 1. The summed E-state index contributed by atoms with van der Waals surface area (Å²) in [5.74, 6) is 0.249. The van der Waals surface area contributed by atoms with Crippen molar-refractivity contribution in [2.45, 2.75) is 32.5 Å². The molecule has 4 heterocycles. The van der Waals surface area contributed by atoms with Gasteiger partial charge in [-0.1, -0.05) is 6.07 Å². The van der Waals surface area contributed by atoms with Crippen molar-refractivity contribution >= 4 is 28.7 Å². The normalized spacial score (nSPS) is 15.3. The van der Waals surface area contributed by atoms with Crippen LogP contribution in [0.4, 0.5) is 24.9 Å². The highest BCUT2D eigenvalue weighted by Crippen LogP contribution is 2.27. The summed E-state index contributed by atoms with van der Waals surface area (Å²) >= 11 is 0. The van der Waals surface area contributed by atoms with Gasteiger partial charge in [0.15, 0.2) is 0 Å². The summed E-state index contributed by atoms with van der Waals surface area (Å²) in [4.78, 5) is 36.2. The summed E-state index contributed by atoms with van der Waals surface area (Å²) in [5, 5.41) is 3.22. The fourth-order valence-corrected chi connectivity index (χ4v) is 4.68. The number of nitrogens with one attached hydrogen (secondary N) is 2. The Morgan fingerprint density at radius 1 is 1.07 bits per heavy atom. The summed E-state index contributed by atoms with van der Waals surface area (Å²) < 4.78 is 43.2. The van der Waals surface area contributed by atoms with Crippen molar-refractivity contribution < 1.29 is 22.7 Å². The number of halogens is 3. The van der Waals surface area contributed by atoms with Gasteiger partial charge in [-0.2, -0.15) is 18.2 Å². The molecule has 1 amide bonds. The van der Waals surface area contributed by atoms with E-state index in [1.54, 1.807) is 12.4 Å². The number of anilines is 2. The number of hydrogen-bond donors (Lipinski definition) is 2. The van der Waals surface area contributed by atoms with Gasteiger partial charge in [0.2, 0.25) is 11.9 Å². The molecule has 210 valence electrons. The van der Waals surface area contributed by atoms with E-state index in [0.29, 0.717) is 37.5 Å². The first kappa shape index (κ1) is 27.3. The Hall–Kier alpha value is -4.26. The number of ether oxygens (including phenoxy) is 1. The number of nitrogens with zero attached hydrogens (tertiary/aromatic N) is 6. The van der Waals surface area contributed by atoms with Gasteiger partial charge in [0, 0.05) is 50.2 Å². The number of H-pyrrole nitrogens is 1. The number of hydrogen-bond acceptors (Lipinski definition) is 8. The Morgan fingerprint density at radius 3 is 2.60 bits per heavy atom. The van der Waals surface area contributed by atoms with Crippen molar-refractivity contribution in [1.82, 2.24) is 34.7 Å². The molecule has 40 heavy (non-hydrogen) atoms. The topological polar surface area (TPSA) is 112 Å². The molecule has 1 saturated heterocycles. The predicted molar refractivity (Wildman–Crippen MR) is 143 cm³/mol. The summed E-state index contributed by atoms with van der Waals surface area (Å²) in [6, 6.07) is 11.7. The van der Waals surface area contributed by atoms with Crippen LogP contribution in [0.15, 0.2) is 48.8 Å². The van der Waals surface area contributed by atoms with E-state index in [4.69, 9.17) is 4.74 Å². The standard InChI is InChI=1S/C27H29F3N8O2/c1-3-40-26-32-9-7-20(35-26)19-4-5-21-22(14-19)34-25(33-21)36-23-15-18(6-8-31-23)17(2)37-10-12-38(13-11-37)24(39)16-27(28,29)30/h4-9,14-15,17H,3,10-13,16H2,1-2H3,(H2,31,33,34,36)/t17-/m1/s1. The second kappa shape index (κ2) is 11.5. The van der Waals surface area contributed by atoms with Gasteiger partial charge in [0.25, 0.3) is 0 Å². The van der Waals surface area contributed by atoms with Crippen molar-refractivity contribution in [3.05, 3.63) is 54.4 Å². The Bertz CT molecular complexity index is 1480. The average Bonchev–Trinajstić information content (AvgIpc) is 3.34. The molecule has 0 saturated carbocycles. The van der Waals surface area contributed by atoms with Crippen LogP contribution in [0, 0.1) is 0 Å². The largest absolute Gasteiger partial charge is 0.464 e. The van der Waals surface area contributed by atoms with Crippen molar-refractivity contribution in [3.63, 3.8) is 0 Å². The number of imidazole rings is 1. The predicted octanol–water partition coefficient (Wildman–Crippen LogP) is 4.71. The second-order valence-corrected chi connectivity index (χ2v) is 9.46. The molecule has 2 N–H and O–H groups in total. The van der Waals surface area contributed by atoms with E-state index in [1.165, 1.54) is 4.90 Å². The van der Waals surface area contributed by atoms with Crippen molar-refractivity contribution in [2.75, 3.05) is 38.1 Å². The van der Waals surface area contributed by atoms with E-state index in [1.807, 2.05) is 50.2 Å². The van der Waals surface area contributed by atoms with Crippen LogP contribution in [0.1, 0.15) is 31.9 Å². The fraction of sp³-hybridized carbons (Fsp3) is 0.370. The van der Waals surface area contributed by atoms with Gasteiger partial charge >= 0.3 is 12.2 Å². The third-order valence-corrected chi connectivity index (χ3v) is 6.76. The van der Waals surface area contributed by atoms with E-state index in [0.717, 1.165) is 27.9 Å². The smallest absolute Gasteiger partial charge is 0.397 e. The lowest BCUT2D eigenvalue weighted by Crippen LogP contribution is -2.50. The molecule has 13 heteroatoms. The molecular weight excluding hydrogens is 525 g/mol. The first-order valence-electron chi connectivity index (χ1n) is 13.0. The summed E-state index contributed by atoms with van der Waals surface area (Å²) in [7, 11) is 0. The molecule has 1 aromatic carbocycles. The lowest BCUT2D eigenvalue weighted by atomic mass is 10.1. The number of aromatic amines is 1. The third kappa shape index (κ3) is 6.47. The Balaban J connectivity index is 1.24. The van der Waals surface area contributed by atoms with Gasteiger partial charge in [-0.05, 0) is 49.7 Å². The maximum Gasteiger partial charge on any atom is 0.397 e. The molecular formula is C27H29F3N8O2. The van der Waals surface area contributed by atoms with Crippen LogP contribution in [-0.2, 0) is 4.79 Å². The fourth-order valence-electron chi connectivity index (χ4n) is 4.68. The third-order valence-electron chi connectivity index (χ3n) is 6.76. The highest BCUT2D eigenvalue weighted by Gasteiger charge is 2.35. The number of carbonyl (C=O) groups is 1. The molecule has 0 radical (unpaired) electrons. The van der Waals surface area contributed by atoms with Gasteiger partial charge < -0.3 is 19.9 Å². The quantitative estimate of drug-likeness (QED) is 0.322. The van der Waals surface area contributed by atoms with Crippen LogP contribution in [0.25, 0.3) is 22.3 Å².